The summed E-state index contributed by atoms with van der Waals surface area (Å²) in [5.74, 6) is 0.533. The monoisotopic (exact) mass is 441 g/mol. The van der Waals surface area contributed by atoms with Gasteiger partial charge in [0.25, 0.3) is 0 Å². The van der Waals surface area contributed by atoms with Gasteiger partial charge in [-0.15, -0.1) is 0 Å². The number of alkyl halides is 1. The van der Waals surface area contributed by atoms with E-state index in [4.69, 9.17) is 14.2 Å². The van der Waals surface area contributed by atoms with Gasteiger partial charge in [-0.2, -0.15) is 0 Å². The molecule has 136 valence electrons. The average molecular weight is 441 g/mol. The number of carbonyl (C=O) groups is 1. The van der Waals surface area contributed by atoms with Gasteiger partial charge in [0.05, 0.1) is 25.4 Å². The van der Waals surface area contributed by atoms with E-state index < -0.39 is 5.60 Å². The standard InChI is InChI=1S/C17H32INO4/c1-14(2)11-21-9-10-22-17(12-18)7-6-8-19(13-17)15(20)23-16(3,4)5/h14H,6-13H2,1-5H3. The Morgan fingerprint density at radius 1 is 1.30 bits per heavy atom. The maximum Gasteiger partial charge on any atom is 0.410 e. The van der Waals surface area contributed by atoms with Crippen LogP contribution in [0.3, 0.4) is 0 Å². The van der Waals surface area contributed by atoms with Gasteiger partial charge in [-0.3, -0.25) is 0 Å². The lowest BCUT2D eigenvalue weighted by Gasteiger charge is -2.42. The van der Waals surface area contributed by atoms with Crippen molar-refractivity contribution in [3.8, 4) is 0 Å². The molecular weight excluding hydrogens is 409 g/mol. The van der Waals surface area contributed by atoms with E-state index in [9.17, 15) is 4.79 Å². The van der Waals surface area contributed by atoms with E-state index in [0.29, 0.717) is 25.7 Å². The molecule has 1 saturated heterocycles. The molecule has 0 aliphatic carbocycles. The van der Waals surface area contributed by atoms with E-state index in [-0.39, 0.29) is 11.7 Å². The first kappa shape index (κ1) is 21.0. The second-order valence-electron chi connectivity index (χ2n) is 7.64. The minimum Gasteiger partial charge on any atom is -0.444 e. The summed E-state index contributed by atoms with van der Waals surface area (Å²) in [4.78, 5) is 14.1. The Labute approximate surface area is 154 Å². The van der Waals surface area contributed by atoms with Crippen LogP contribution in [0.15, 0.2) is 0 Å². The molecule has 1 unspecified atom stereocenters. The van der Waals surface area contributed by atoms with Gasteiger partial charge in [-0.25, -0.2) is 4.79 Å². The van der Waals surface area contributed by atoms with Crippen LogP contribution in [0.1, 0.15) is 47.5 Å². The number of rotatable bonds is 7. The summed E-state index contributed by atoms with van der Waals surface area (Å²) in [7, 11) is 0. The van der Waals surface area contributed by atoms with E-state index in [0.717, 1.165) is 30.4 Å². The molecule has 1 atom stereocenters. The van der Waals surface area contributed by atoms with Crippen LogP contribution in [0.5, 0.6) is 0 Å². The van der Waals surface area contributed by atoms with E-state index >= 15 is 0 Å². The highest BCUT2D eigenvalue weighted by Crippen LogP contribution is 2.28. The van der Waals surface area contributed by atoms with Gasteiger partial charge in [0.15, 0.2) is 0 Å². The number of amides is 1. The summed E-state index contributed by atoms with van der Waals surface area (Å²) in [6, 6.07) is 0. The summed E-state index contributed by atoms with van der Waals surface area (Å²) < 4.78 is 18.1. The number of ether oxygens (including phenoxy) is 3. The fraction of sp³-hybridized carbons (Fsp3) is 0.941. The van der Waals surface area contributed by atoms with Crippen LogP contribution in [-0.2, 0) is 14.2 Å². The fourth-order valence-corrected chi connectivity index (χ4v) is 3.32. The lowest BCUT2D eigenvalue weighted by molar-refractivity contribution is -0.0902. The third-order valence-electron chi connectivity index (χ3n) is 3.52. The van der Waals surface area contributed by atoms with Crippen LogP contribution in [0.4, 0.5) is 4.79 Å². The Hall–Kier alpha value is -0.0800. The largest absolute Gasteiger partial charge is 0.444 e. The molecule has 0 spiro atoms. The predicted octanol–water partition coefficient (Wildman–Crippen LogP) is 3.88. The zero-order valence-electron chi connectivity index (χ0n) is 15.2. The second-order valence-corrected chi connectivity index (χ2v) is 8.40. The van der Waals surface area contributed by atoms with Gasteiger partial charge in [0, 0.05) is 17.6 Å². The van der Waals surface area contributed by atoms with Crippen molar-refractivity contribution in [2.45, 2.75) is 58.7 Å². The van der Waals surface area contributed by atoms with Gasteiger partial charge in [-0.05, 0) is 39.5 Å². The van der Waals surface area contributed by atoms with Crippen LogP contribution in [-0.4, -0.2) is 59.5 Å². The van der Waals surface area contributed by atoms with Crippen molar-refractivity contribution in [3.63, 3.8) is 0 Å². The van der Waals surface area contributed by atoms with Crippen molar-refractivity contribution < 1.29 is 19.0 Å². The number of hydrogen-bond donors (Lipinski definition) is 0. The van der Waals surface area contributed by atoms with Gasteiger partial charge in [-0.1, -0.05) is 36.4 Å². The fourth-order valence-electron chi connectivity index (χ4n) is 2.48. The molecule has 5 nitrogen and oxygen atoms in total. The average Bonchev–Trinajstić information content (AvgIpc) is 2.45. The summed E-state index contributed by atoms with van der Waals surface area (Å²) in [6.45, 7) is 13.2. The molecule has 0 radical (unpaired) electrons. The molecule has 0 bridgehead atoms. The van der Waals surface area contributed by atoms with Crippen molar-refractivity contribution in [2.24, 2.45) is 5.92 Å². The Balaban J connectivity index is 2.49. The Kier molecular flexibility index (Phi) is 8.58. The molecular formula is C17H32INO4. The highest BCUT2D eigenvalue weighted by atomic mass is 127. The van der Waals surface area contributed by atoms with Crippen LogP contribution >= 0.6 is 22.6 Å². The van der Waals surface area contributed by atoms with Gasteiger partial charge < -0.3 is 19.1 Å². The molecule has 1 rings (SSSR count). The van der Waals surface area contributed by atoms with E-state index in [2.05, 4.69) is 36.4 Å². The van der Waals surface area contributed by atoms with E-state index in [1.54, 1.807) is 4.90 Å². The summed E-state index contributed by atoms with van der Waals surface area (Å²) in [5, 5.41) is 0. The van der Waals surface area contributed by atoms with Crippen molar-refractivity contribution in [1.82, 2.24) is 4.90 Å². The highest BCUT2D eigenvalue weighted by Gasteiger charge is 2.38. The maximum atomic E-state index is 12.3. The lowest BCUT2D eigenvalue weighted by atomic mass is 9.95. The molecule has 1 aliphatic rings. The minimum absolute atomic E-state index is 0.244. The molecule has 1 heterocycles. The smallest absolute Gasteiger partial charge is 0.410 e. The first-order valence-electron chi connectivity index (χ1n) is 8.43. The Morgan fingerprint density at radius 2 is 2.00 bits per heavy atom. The number of nitrogens with zero attached hydrogens (tertiary/aromatic N) is 1. The van der Waals surface area contributed by atoms with Crippen molar-refractivity contribution in [2.75, 3.05) is 37.3 Å². The predicted molar refractivity (Wildman–Crippen MR) is 100 cm³/mol. The lowest BCUT2D eigenvalue weighted by Crippen LogP contribution is -2.54. The number of piperidine rings is 1. The van der Waals surface area contributed by atoms with Crippen molar-refractivity contribution >= 4 is 28.7 Å². The molecule has 0 N–H and O–H groups in total. The molecule has 0 aromatic rings. The summed E-state index contributed by atoms with van der Waals surface area (Å²) in [6.07, 6.45) is 1.67. The van der Waals surface area contributed by atoms with Gasteiger partial charge in [0.1, 0.15) is 5.60 Å². The Morgan fingerprint density at radius 3 is 2.57 bits per heavy atom. The normalized spacial score (nSPS) is 22.5. The molecule has 1 amide bonds. The summed E-state index contributed by atoms with van der Waals surface area (Å²) in [5.41, 5.74) is -0.746. The van der Waals surface area contributed by atoms with Crippen LogP contribution in [0, 0.1) is 5.92 Å². The number of carbonyl (C=O) groups excluding carboxylic acids is 1. The van der Waals surface area contributed by atoms with Crippen LogP contribution in [0.25, 0.3) is 0 Å². The van der Waals surface area contributed by atoms with Crippen LogP contribution in [0.2, 0.25) is 0 Å². The molecule has 1 fully saturated rings. The molecule has 0 aromatic carbocycles. The molecule has 1 aliphatic heterocycles. The second kappa shape index (κ2) is 9.42. The first-order chi connectivity index (χ1) is 10.7. The SMILES string of the molecule is CC(C)COCCOC1(CI)CCCN(C(=O)OC(C)(C)C)C1. The van der Waals surface area contributed by atoms with Crippen LogP contribution < -0.4 is 0 Å². The molecule has 0 aromatic heterocycles. The zero-order valence-corrected chi connectivity index (χ0v) is 17.3. The highest BCUT2D eigenvalue weighted by molar-refractivity contribution is 14.1. The van der Waals surface area contributed by atoms with Gasteiger partial charge >= 0.3 is 6.09 Å². The third-order valence-corrected chi connectivity index (χ3v) is 4.91. The number of likely N-dealkylation sites (tertiary alicyclic amines) is 1. The summed E-state index contributed by atoms with van der Waals surface area (Å²) >= 11 is 2.35. The number of hydrogen-bond acceptors (Lipinski definition) is 4. The van der Waals surface area contributed by atoms with Gasteiger partial charge in [0.2, 0.25) is 0 Å². The van der Waals surface area contributed by atoms with E-state index in [1.807, 2.05) is 20.8 Å². The quantitative estimate of drug-likeness (QED) is 0.342. The maximum absolute atomic E-state index is 12.3. The Bertz CT molecular complexity index is 370. The minimum atomic E-state index is -0.465. The first-order valence-corrected chi connectivity index (χ1v) is 9.96. The zero-order chi connectivity index (χ0) is 17.5. The number of halogens is 1. The molecule has 0 saturated carbocycles. The molecule has 23 heavy (non-hydrogen) atoms. The third kappa shape index (κ3) is 8.03. The topological polar surface area (TPSA) is 48.0 Å². The van der Waals surface area contributed by atoms with Crippen molar-refractivity contribution in [1.29, 1.82) is 0 Å². The van der Waals surface area contributed by atoms with E-state index in [1.165, 1.54) is 0 Å². The van der Waals surface area contributed by atoms with Crippen molar-refractivity contribution in [3.05, 3.63) is 0 Å². The molecule has 6 heteroatoms.